The van der Waals surface area contributed by atoms with Crippen LogP contribution in [0, 0.1) is 34.5 Å². The van der Waals surface area contributed by atoms with Gasteiger partial charge in [0.2, 0.25) is 0 Å². The molecule has 0 amide bonds. The zero-order valence-corrected chi connectivity index (χ0v) is 31.8. The Morgan fingerprint density at radius 2 is 0.917 bits per heavy atom. The zero-order chi connectivity index (χ0) is 35.9. The molecule has 0 N–H and O–H groups in total. The Balaban J connectivity index is 1.53. The van der Waals surface area contributed by atoms with Crippen molar-refractivity contribution in [3.05, 3.63) is 53.4 Å². The van der Waals surface area contributed by atoms with Gasteiger partial charge in [0.05, 0.1) is 43.3 Å². The van der Waals surface area contributed by atoms with E-state index in [2.05, 4.69) is 13.8 Å². The molecule has 0 unspecified atom stereocenters. The van der Waals surface area contributed by atoms with Gasteiger partial charge in [-0.3, -0.25) is 0 Å². The maximum absolute atomic E-state index is 13.3. The van der Waals surface area contributed by atoms with Gasteiger partial charge < -0.3 is 18.9 Å². The minimum atomic E-state index is -1.64. The number of hydrogen-bond donors (Lipinski definition) is 0. The molecule has 2 aliphatic rings. The number of esters is 4. The van der Waals surface area contributed by atoms with E-state index in [0.29, 0.717) is 23.7 Å². The Kier molecular flexibility index (Phi) is 12.2. The molecule has 2 fully saturated rings. The summed E-state index contributed by atoms with van der Waals surface area (Å²) >= 11 is 37.6. The van der Waals surface area contributed by atoms with Crippen molar-refractivity contribution in [2.24, 2.45) is 34.5 Å². The molecular formula is C34H36Cl6O8. The number of rotatable bonds is 10. The lowest BCUT2D eigenvalue weighted by molar-refractivity contribution is -0.156. The number of halogens is 6. The Hall–Kier alpha value is -1.94. The molecule has 0 spiro atoms. The SMILES string of the molecule is CC1CC(C(C)(C)COC(=O)c2c(Cl)c(Cl)cc(Cl)c2OC(=O)C(=O)Oc2c(Cl)cc(Cl)c(Cl)c2C(=O)OCC(C)(C)C2CC(C)C2)C1. The van der Waals surface area contributed by atoms with Crippen LogP contribution >= 0.6 is 69.6 Å². The molecule has 0 atom stereocenters. The number of ether oxygens (including phenoxy) is 4. The second kappa shape index (κ2) is 15.1. The van der Waals surface area contributed by atoms with E-state index in [-0.39, 0.29) is 54.2 Å². The molecule has 8 nitrogen and oxygen atoms in total. The average molecular weight is 785 g/mol. The first-order valence-corrected chi connectivity index (χ1v) is 17.6. The van der Waals surface area contributed by atoms with Crippen LogP contribution in [0.3, 0.4) is 0 Å². The fourth-order valence-electron chi connectivity index (χ4n) is 5.95. The molecule has 0 radical (unpaired) electrons. The summed E-state index contributed by atoms with van der Waals surface area (Å²) in [6, 6.07) is 2.26. The first-order chi connectivity index (χ1) is 22.2. The first-order valence-electron chi connectivity index (χ1n) is 15.4. The van der Waals surface area contributed by atoms with E-state index in [1.54, 1.807) is 0 Å². The highest BCUT2D eigenvalue weighted by atomic mass is 35.5. The minimum Gasteiger partial charge on any atom is -0.461 e. The van der Waals surface area contributed by atoms with Gasteiger partial charge in [0, 0.05) is 10.8 Å². The van der Waals surface area contributed by atoms with Gasteiger partial charge in [-0.25, -0.2) is 19.2 Å². The van der Waals surface area contributed by atoms with Crippen molar-refractivity contribution >= 4 is 93.5 Å². The van der Waals surface area contributed by atoms with Crippen LogP contribution in [0.4, 0.5) is 0 Å². The molecular weight excluding hydrogens is 749 g/mol. The van der Waals surface area contributed by atoms with E-state index in [9.17, 15) is 19.2 Å². The molecule has 2 aromatic carbocycles. The average Bonchev–Trinajstić information content (AvgIpc) is 2.97. The highest BCUT2D eigenvalue weighted by Gasteiger charge is 2.41. The van der Waals surface area contributed by atoms with Crippen LogP contribution < -0.4 is 9.47 Å². The van der Waals surface area contributed by atoms with Gasteiger partial charge in [0.25, 0.3) is 0 Å². The third-order valence-electron chi connectivity index (χ3n) is 9.33. The maximum atomic E-state index is 13.3. The molecule has 4 rings (SSSR count). The lowest BCUT2D eigenvalue weighted by Crippen LogP contribution is -2.38. The summed E-state index contributed by atoms with van der Waals surface area (Å²) in [5, 5.41) is -1.49. The van der Waals surface area contributed by atoms with Crippen LogP contribution in [0.1, 0.15) is 87.9 Å². The van der Waals surface area contributed by atoms with E-state index < -0.39 is 46.5 Å². The summed E-state index contributed by atoms with van der Waals surface area (Å²) in [6.07, 6.45) is 4.00. The van der Waals surface area contributed by atoms with Crippen molar-refractivity contribution in [2.45, 2.75) is 67.2 Å². The third kappa shape index (κ3) is 8.50. The van der Waals surface area contributed by atoms with Gasteiger partial charge in [-0.2, -0.15) is 0 Å². The molecule has 0 saturated heterocycles. The smallest absolute Gasteiger partial charge is 0.423 e. The number of benzene rings is 2. The molecule has 0 bridgehead atoms. The summed E-state index contributed by atoms with van der Waals surface area (Å²) in [5.74, 6) is -4.53. The van der Waals surface area contributed by atoms with Crippen LogP contribution in [0.2, 0.25) is 30.1 Å². The summed E-state index contributed by atoms with van der Waals surface area (Å²) < 4.78 is 21.6. The van der Waals surface area contributed by atoms with E-state index >= 15 is 0 Å². The Morgan fingerprint density at radius 1 is 0.604 bits per heavy atom. The molecule has 2 aromatic rings. The highest BCUT2D eigenvalue weighted by Crippen LogP contribution is 2.47. The van der Waals surface area contributed by atoms with Crippen LogP contribution in [-0.2, 0) is 19.1 Å². The van der Waals surface area contributed by atoms with E-state index in [4.69, 9.17) is 88.6 Å². The van der Waals surface area contributed by atoms with E-state index in [1.165, 1.54) is 0 Å². The van der Waals surface area contributed by atoms with E-state index in [0.717, 1.165) is 37.8 Å². The van der Waals surface area contributed by atoms with Crippen LogP contribution in [0.5, 0.6) is 11.5 Å². The topological polar surface area (TPSA) is 105 Å². The quantitative estimate of drug-likeness (QED) is 0.101. The molecule has 2 aliphatic carbocycles. The zero-order valence-electron chi connectivity index (χ0n) is 27.2. The highest BCUT2D eigenvalue weighted by molar-refractivity contribution is 6.47. The molecule has 262 valence electrons. The Labute approximate surface area is 309 Å². The van der Waals surface area contributed by atoms with Crippen molar-refractivity contribution in [3.63, 3.8) is 0 Å². The van der Waals surface area contributed by atoms with Gasteiger partial charge in [-0.15, -0.1) is 0 Å². The third-order valence-corrected chi connectivity index (χ3v) is 11.5. The second-order valence-electron chi connectivity index (χ2n) is 14.2. The van der Waals surface area contributed by atoms with Gasteiger partial charge in [0.1, 0.15) is 11.1 Å². The molecule has 48 heavy (non-hydrogen) atoms. The first kappa shape index (κ1) is 38.9. The molecule has 0 aromatic heterocycles. The second-order valence-corrected chi connectivity index (χ2v) is 16.6. The van der Waals surface area contributed by atoms with Gasteiger partial charge in [-0.1, -0.05) is 111 Å². The molecule has 0 aliphatic heterocycles. The monoisotopic (exact) mass is 782 g/mol. The Bertz CT molecular complexity index is 1510. The van der Waals surface area contributed by atoms with Gasteiger partial charge >= 0.3 is 23.9 Å². The van der Waals surface area contributed by atoms with Crippen molar-refractivity contribution in [3.8, 4) is 11.5 Å². The summed E-state index contributed by atoms with van der Waals surface area (Å²) in [5.41, 5.74) is -1.62. The van der Waals surface area contributed by atoms with Crippen molar-refractivity contribution in [1.82, 2.24) is 0 Å². The predicted molar refractivity (Wildman–Crippen MR) is 186 cm³/mol. The fourth-order valence-corrected chi connectivity index (χ4v) is 7.39. The van der Waals surface area contributed by atoms with Crippen molar-refractivity contribution < 1.29 is 38.1 Å². The van der Waals surface area contributed by atoms with E-state index in [1.807, 2.05) is 27.7 Å². The minimum absolute atomic E-state index is 0.0325. The standard InChI is InChI=1S/C34H36Cl6O8/c1-15-7-17(8-15)33(3,4)13-45-29(41)23-25(39)19(35)11-21(37)27(23)47-31(43)32(44)48-28-22(38)12-20(36)26(40)24(28)30(42)46-14-34(5,6)18-9-16(2)10-18/h11-12,15-18H,7-10,13-14H2,1-6H3. The normalized spacial score (nSPS) is 20.7. The van der Waals surface area contributed by atoms with Gasteiger partial charge in [-0.05, 0) is 61.5 Å². The van der Waals surface area contributed by atoms with Crippen molar-refractivity contribution in [1.29, 1.82) is 0 Å². The maximum Gasteiger partial charge on any atom is 0.423 e. The Morgan fingerprint density at radius 3 is 1.21 bits per heavy atom. The van der Waals surface area contributed by atoms with Crippen LogP contribution in [0.15, 0.2) is 12.1 Å². The van der Waals surface area contributed by atoms with Crippen LogP contribution in [0.25, 0.3) is 0 Å². The number of hydrogen-bond acceptors (Lipinski definition) is 8. The lowest BCUT2D eigenvalue weighted by atomic mass is 9.63. The summed E-state index contributed by atoms with van der Waals surface area (Å²) in [6.45, 7) is 12.3. The molecule has 14 heteroatoms. The number of carbonyl (C=O) groups is 4. The number of carbonyl (C=O) groups excluding carboxylic acids is 4. The predicted octanol–water partition coefficient (Wildman–Crippen LogP) is 10.6. The lowest BCUT2D eigenvalue weighted by Gasteiger charge is -2.43. The van der Waals surface area contributed by atoms with Gasteiger partial charge in [0.15, 0.2) is 11.5 Å². The molecule has 0 heterocycles. The fraction of sp³-hybridized carbons (Fsp3) is 0.529. The largest absolute Gasteiger partial charge is 0.461 e. The van der Waals surface area contributed by atoms with Crippen LogP contribution in [-0.4, -0.2) is 37.1 Å². The van der Waals surface area contributed by atoms with Crippen molar-refractivity contribution in [2.75, 3.05) is 13.2 Å². The molecule has 2 saturated carbocycles. The summed E-state index contributed by atoms with van der Waals surface area (Å²) in [7, 11) is 0. The summed E-state index contributed by atoms with van der Waals surface area (Å²) in [4.78, 5) is 52.7.